The lowest BCUT2D eigenvalue weighted by molar-refractivity contribution is -0.100. The van der Waals surface area contributed by atoms with Crippen molar-refractivity contribution in [2.45, 2.75) is 31.1 Å². The molecule has 1 aromatic heterocycles. The van der Waals surface area contributed by atoms with Crippen molar-refractivity contribution in [3.8, 4) is 0 Å². The maximum atomic E-state index is 11.7. The zero-order valence-electron chi connectivity index (χ0n) is 10.8. The van der Waals surface area contributed by atoms with Crippen molar-refractivity contribution in [1.82, 2.24) is 9.55 Å². The first kappa shape index (κ1) is 14.7. The Morgan fingerprint density at radius 1 is 1.70 bits per heavy atom. The van der Waals surface area contributed by atoms with E-state index in [1.165, 1.54) is 22.9 Å². The Labute approximate surface area is 114 Å². The fraction of sp³-hybridized carbons (Fsp3) is 0.500. The molecule has 1 fully saturated rings. The summed E-state index contributed by atoms with van der Waals surface area (Å²) in [6, 6.07) is 1.21. The summed E-state index contributed by atoms with van der Waals surface area (Å²) in [5, 5.41) is 9.94. The number of nitrogens with one attached hydrogen (secondary N) is 1. The predicted octanol–water partition coefficient (Wildman–Crippen LogP) is -1.33. The molecule has 1 aliphatic rings. The van der Waals surface area contributed by atoms with Crippen LogP contribution in [0.2, 0.25) is 0 Å². The summed E-state index contributed by atoms with van der Waals surface area (Å²) in [6.07, 6.45) is -0.106. The second-order valence-corrected chi connectivity index (χ2v) is 4.46. The Hall–Kier alpha value is -1.74. The fourth-order valence-electron chi connectivity index (χ4n) is 2.07. The molecule has 0 aliphatic carbocycles. The molecular formula is C12H17N3O5. The van der Waals surface area contributed by atoms with Crippen molar-refractivity contribution < 1.29 is 14.6 Å². The molecule has 1 saturated heterocycles. The monoisotopic (exact) mass is 283 g/mol. The molecule has 110 valence electrons. The van der Waals surface area contributed by atoms with Gasteiger partial charge in [0.05, 0.1) is 12.7 Å². The number of nitrogens with two attached hydrogens (primary N) is 1. The van der Waals surface area contributed by atoms with Gasteiger partial charge in [0.25, 0.3) is 5.56 Å². The van der Waals surface area contributed by atoms with Crippen LogP contribution in [0, 0.1) is 0 Å². The second kappa shape index (κ2) is 6.14. The zero-order valence-corrected chi connectivity index (χ0v) is 10.8. The van der Waals surface area contributed by atoms with Gasteiger partial charge in [-0.3, -0.25) is 14.3 Å². The van der Waals surface area contributed by atoms with Crippen molar-refractivity contribution in [3.63, 3.8) is 0 Å². The molecule has 4 atom stereocenters. The molecule has 1 unspecified atom stereocenters. The van der Waals surface area contributed by atoms with Gasteiger partial charge < -0.3 is 20.3 Å². The topological polar surface area (TPSA) is 120 Å². The van der Waals surface area contributed by atoms with E-state index in [4.69, 9.17) is 15.2 Å². The molecule has 4 N–H and O–H groups in total. The van der Waals surface area contributed by atoms with E-state index in [1.807, 2.05) is 0 Å². The Kier molecular flexibility index (Phi) is 4.50. The van der Waals surface area contributed by atoms with E-state index in [0.29, 0.717) is 0 Å². The molecular weight excluding hydrogens is 266 g/mol. The van der Waals surface area contributed by atoms with Gasteiger partial charge in [0.15, 0.2) is 0 Å². The van der Waals surface area contributed by atoms with Crippen LogP contribution in [0.5, 0.6) is 0 Å². The van der Waals surface area contributed by atoms with Crippen LogP contribution in [0.25, 0.3) is 0 Å². The smallest absolute Gasteiger partial charge is 0.330 e. The van der Waals surface area contributed by atoms with E-state index >= 15 is 0 Å². The van der Waals surface area contributed by atoms with Crippen LogP contribution in [0.1, 0.15) is 12.6 Å². The summed E-state index contributed by atoms with van der Waals surface area (Å²) in [5.74, 6) is 0. The van der Waals surface area contributed by atoms with E-state index in [2.05, 4.69) is 11.6 Å². The number of ether oxygens (including phenoxy) is 2. The van der Waals surface area contributed by atoms with Gasteiger partial charge >= 0.3 is 5.69 Å². The normalized spacial score (nSPS) is 27.4. The van der Waals surface area contributed by atoms with E-state index in [9.17, 15) is 14.7 Å². The Balaban J connectivity index is 2.11. The highest BCUT2D eigenvalue weighted by molar-refractivity contribution is 4.90. The largest absolute Gasteiger partial charge is 0.390 e. The number of aromatic nitrogens is 2. The molecule has 0 saturated carbocycles. The van der Waals surface area contributed by atoms with Crippen LogP contribution in [0.15, 0.2) is 34.5 Å². The summed E-state index contributed by atoms with van der Waals surface area (Å²) in [5.41, 5.74) is 4.66. The van der Waals surface area contributed by atoms with Gasteiger partial charge in [0.2, 0.25) is 0 Å². The van der Waals surface area contributed by atoms with Gasteiger partial charge in [-0.2, -0.15) is 0 Å². The molecule has 1 aromatic rings. The summed E-state index contributed by atoms with van der Waals surface area (Å²) >= 11 is 0. The maximum absolute atomic E-state index is 11.7. The fourth-order valence-corrected chi connectivity index (χ4v) is 2.07. The Morgan fingerprint density at radius 3 is 3.10 bits per heavy atom. The van der Waals surface area contributed by atoms with Crippen LogP contribution in [0.4, 0.5) is 0 Å². The van der Waals surface area contributed by atoms with E-state index in [0.717, 1.165) is 0 Å². The number of hydrogen-bond donors (Lipinski definition) is 3. The lowest BCUT2D eigenvalue weighted by Crippen LogP contribution is -2.43. The van der Waals surface area contributed by atoms with Crippen LogP contribution in [-0.4, -0.2) is 39.7 Å². The number of aliphatic hydroxyl groups excluding tert-OH is 1. The van der Waals surface area contributed by atoms with Crippen molar-refractivity contribution in [2.75, 3.05) is 6.61 Å². The van der Waals surface area contributed by atoms with Gasteiger partial charge in [-0.25, -0.2) is 4.79 Å². The third-order valence-corrected chi connectivity index (χ3v) is 3.03. The number of nitrogens with zero attached hydrogens (tertiary/aromatic N) is 1. The maximum Gasteiger partial charge on any atom is 0.330 e. The quantitative estimate of drug-likeness (QED) is 0.455. The number of rotatable bonds is 5. The molecule has 8 nitrogen and oxygen atoms in total. The van der Waals surface area contributed by atoms with Gasteiger partial charge in [-0.1, -0.05) is 6.08 Å². The standard InChI is InChI=1S/C12H17N3O5/c1-2-5-19-11(13)10-7(16)6-9(20-10)15-4-3-8(17)14-12(15)18/h2-4,7,9-11,16H,1,5-6,13H2,(H,14,17,18)/t7-,9+,10-,11?/m0/s1. The minimum atomic E-state index is -0.862. The molecule has 0 amide bonds. The highest BCUT2D eigenvalue weighted by Gasteiger charge is 2.39. The molecule has 0 radical (unpaired) electrons. The summed E-state index contributed by atoms with van der Waals surface area (Å²) in [4.78, 5) is 24.8. The molecule has 0 aromatic carbocycles. The predicted molar refractivity (Wildman–Crippen MR) is 70.0 cm³/mol. The molecule has 0 spiro atoms. The summed E-state index contributed by atoms with van der Waals surface area (Å²) in [7, 11) is 0. The van der Waals surface area contributed by atoms with E-state index in [-0.39, 0.29) is 13.0 Å². The summed E-state index contributed by atoms with van der Waals surface area (Å²) in [6.45, 7) is 3.73. The lowest BCUT2D eigenvalue weighted by atomic mass is 10.1. The summed E-state index contributed by atoms with van der Waals surface area (Å²) < 4.78 is 12.0. The van der Waals surface area contributed by atoms with Crippen molar-refractivity contribution >= 4 is 0 Å². The number of hydrogen-bond acceptors (Lipinski definition) is 6. The minimum Gasteiger partial charge on any atom is -0.390 e. The first-order chi connectivity index (χ1) is 9.52. The molecule has 8 heteroatoms. The average Bonchev–Trinajstić information content (AvgIpc) is 2.78. The molecule has 2 rings (SSSR count). The van der Waals surface area contributed by atoms with Gasteiger partial charge in [0, 0.05) is 18.7 Å². The SMILES string of the molecule is C=CCOC(N)[C@H]1O[C@@H](n2ccc(=O)[nH]c2=O)C[C@@H]1O. The van der Waals surface area contributed by atoms with Crippen LogP contribution < -0.4 is 17.0 Å². The molecule has 0 bridgehead atoms. The molecule has 2 heterocycles. The Bertz CT molecular complexity index is 581. The van der Waals surface area contributed by atoms with Gasteiger partial charge in [-0.15, -0.1) is 6.58 Å². The van der Waals surface area contributed by atoms with Gasteiger partial charge in [-0.05, 0) is 0 Å². The van der Waals surface area contributed by atoms with Crippen molar-refractivity contribution in [2.24, 2.45) is 5.73 Å². The molecule has 1 aliphatic heterocycles. The van der Waals surface area contributed by atoms with E-state index < -0.39 is 35.9 Å². The first-order valence-electron chi connectivity index (χ1n) is 6.16. The van der Waals surface area contributed by atoms with Crippen molar-refractivity contribution in [1.29, 1.82) is 0 Å². The molecule has 20 heavy (non-hydrogen) atoms. The van der Waals surface area contributed by atoms with Crippen molar-refractivity contribution in [3.05, 3.63) is 45.8 Å². The minimum absolute atomic E-state index is 0.182. The van der Waals surface area contributed by atoms with E-state index in [1.54, 1.807) is 0 Å². The average molecular weight is 283 g/mol. The highest BCUT2D eigenvalue weighted by atomic mass is 16.6. The first-order valence-corrected chi connectivity index (χ1v) is 6.16. The second-order valence-electron chi connectivity index (χ2n) is 4.46. The number of aliphatic hydroxyl groups is 1. The highest BCUT2D eigenvalue weighted by Crippen LogP contribution is 2.29. The number of aromatic amines is 1. The zero-order chi connectivity index (χ0) is 14.7. The Morgan fingerprint density at radius 2 is 2.45 bits per heavy atom. The van der Waals surface area contributed by atoms with Crippen LogP contribution in [0.3, 0.4) is 0 Å². The number of H-pyrrole nitrogens is 1. The van der Waals surface area contributed by atoms with Gasteiger partial charge in [0.1, 0.15) is 18.6 Å². The third-order valence-electron chi connectivity index (χ3n) is 3.03. The lowest BCUT2D eigenvalue weighted by Gasteiger charge is -2.22. The van der Waals surface area contributed by atoms with Crippen LogP contribution >= 0.6 is 0 Å². The third kappa shape index (κ3) is 3.05. The van der Waals surface area contributed by atoms with Crippen LogP contribution in [-0.2, 0) is 9.47 Å².